The van der Waals surface area contributed by atoms with Crippen LogP contribution in [0.3, 0.4) is 0 Å². The molecule has 0 saturated carbocycles. The summed E-state index contributed by atoms with van der Waals surface area (Å²) in [6.07, 6.45) is 3.15. The fourth-order valence-corrected chi connectivity index (χ4v) is 3.31. The van der Waals surface area contributed by atoms with Crippen molar-refractivity contribution in [2.75, 3.05) is 13.2 Å². The maximum atomic E-state index is 5.69. The lowest BCUT2D eigenvalue weighted by Gasteiger charge is -2.20. The van der Waals surface area contributed by atoms with E-state index in [1.54, 1.807) is 0 Å². The molecule has 0 aliphatic rings. The van der Waals surface area contributed by atoms with Gasteiger partial charge in [-0.25, -0.2) is 0 Å². The van der Waals surface area contributed by atoms with Crippen LogP contribution >= 0.6 is 12.6 Å². The molecule has 1 atom stereocenters. The molecule has 0 aromatic heterocycles. The van der Waals surface area contributed by atoms with Gasteiger partial charge < -0.3 is 8.85 Å². The Labute approximate surface area is 89.3 Å². The molecular formula is C9H22O2SSi. The molecule has 80 valence electrons. The number of hydrogen-bond donors (Lipinski definition) is 1. The third-order valence-corrected chi connectivity index (χ3v) is 5.03. The van der Waals surface area contributed by atoms with Crippen LogP contribution in [0.5, 0.6) is 0 Å². The van der Waals surface area contributed by atoms with Crippen LogP contribution in [-0.4, -0.2) is 27.4 Å². The molecule has 13 heavy (non-hydrogen) atoms. The van der Waals surface area contributed by atoms with Crippen molar-refractivity contribution >= 4 is 21.9 Å². The van der Waals surface area contributed by atoms with E-state index >= 15 is 0 Å². The minimum Gasteiger partial charge on any atom is -0.396 e. The molecule has 0 radical (unpaired) electrons. The molecular weight excluding hydrogens is 200 g/mol. The molecule has 0 amide bonds. The van der Waals surface area contributed by atoms with Crippen LogP contribution in [0.4, 0.5) is 0 Å². The molecule has 0 aromatic rings. The number of rotatable bonds is 8. The molecule has 0 spiro atoms. The summed E-state index contributed by atoms with van der Waals surface area (Å²) in [6, 6.07) is 0. The molecule has 2 nitrogen and oxygen atoms in total. The van der Waals surface area contributed by atoms with Gasteiger partial charge >= 0.3 is 9.28 Å². The first kappa shape index (κ1) is 13.5. The molecule has 0 bridgehead atoms. The van der Waals surface area contributed by atoms with Crippen molar-refractivity contribution < 1.29 is 8.85 Å². The summed E-state index contributed by atoms with van der Waals surface area (Å²) >= 11 is 4.48. The monoisotopic (exact) mass is 222 g/mol. The lowest BCUT2D eigenvalue weighted by molar-refractivity contribution is 0.194. The highest BCUT2D eigenvalue weighted by Gasteiger charge is 2.20. The smallest absolute Gasteiger partial charge is 0.334 e. The van der Waals surface area contributed by atoms with Crippen LogP contribution in [0.25, 0.3) is 0 Å². The fraction of sp³-hybridized carbons (Fsp3) is 1.00. The zero-order valence-electron chi connectivity index (χ0n) is 8.95. The molecule has 0 rings (SSSR count). The minimum absolute atomic E-state index is 0.332. The van der Waals surface area contributed by atoms with E-state index in [1.165, 1.54) is 0 Å². The van der Waals surface area contributed by atoms with Gasteiger partial charge in [0.05, 0.1) is 0 Å². The first-order chi connectivity index (χ1) is 6.26. The normalized spacial score (nSPS) is 13.6. The number of hydrogen-bond acceptors (Lipinski definition) is 3. The van der Waals surface area contributed by atoms with E-state index in [1.807, 2.05) is 0 Å². The van der Waals surface area contributed by atoms with E-state index in [0.29, 0.717) is 4.87 Å². The Balaban J connectivity index is 3.72. The van der Waals surface area contributed by atoms with Gasteiger partial charge in [0.15, 0.2) is 0 Å². The molecule has 0 fully saturated rings. The van der Waals surface area contributed by atoms with E-state index in [-0.39, 0.29) is 0 Å². The standard InChI is InChI=1S/C9H22O2SSi/c1-4-7-10-13(9(12)6-3)11-8-5-2/h9,12-13H,4-8H2,1-3H3. The van der Waals surface area contributed by atoms with Gasteiger partial charge in [-0.05, 0) is 19.3 Å². The zero-order chi connectivity index (χ0) is 10.1. The highest BCUT2D eigenvalue weighted by Crippen LogP contribution is 2.09. The molecule has 0 N–H and O–H groups in total. The summed E-state index contributed by atoms with van der Waals surface area (Å²) in [5, 5.41) is 0. The van der Waals surface area contributed by atoms with Gasteiger partial charge in [-0.2, -0.15) is 12.6 Å². The van der Waals surface area contributed by atoms with Gasteiger partial charge in [-0.3, -0.25) is 0 Å². The van der Waals surface area contributed by atoms with E-state index in [4.69, 9.17) is 8.85 Å². The second-order valence-electron chi connectivity index (χ2n) is 3.09. The average Bonchev–Trinajstić information content (AvgIpc) is 2.17. The van der Waals surface area contributed by atoms with Crippen molar-refractivity contribution in [1.82, 2.24) is 0 Å². The second-order valence-corrected chi connectivity index (χ2v) is 6.52. The van der Waals surface area contributed by atoms with Crippen molar-refractivity contribution in [3.05, 3.63) is 0 Å². The molecule has 0 aliphatic carbocycles. The van der Waals surface area contributed by atoms with Crippen molar-refractivity contribution in [3.63, 3.8) is 0 Å². The molecule has 4 heteroatoms. The first-order valence-corrected chi connectivity index (χ1v) is 7.30. The van der Waals surface area contributed by atoms with Gasteiger partial charge in [0.25, 0.3) is 0 Å². The highest BCUT2D eigenvalue weighted by molar-refractivity contribution is 7.82. The Morgan fingerprint density at radius 2 is 1.54 bits per heavy atom. The largest absolute Gasteiger partial charge is 0.396 e. The average molecular weight is 222 g/mol. The summed E-state index contributed by atoms with van der Waals surface area (Å²) in [5.74, 6) is 0. The number of thiol groups is 1. The summed E-state index contributed by atoms with van der Waals surface area (Å²) in [7, 11) is -1.50. The Morgan fingerprint density at radius 1 is 1.08 bits per heavy atom. The van der Waals surface area contributed by atoms with Gasteiger partial charge in [0.1, 0.15) is 0 Å². The van der Waals surface area contributed by atoms with Crippen LogP contribution in [-0.2, 0) is 8.85 Å². The minimum atomic E-state index is -1.50. The Morgan fingerprint density at radius 3 is 1.85 bits per heavy atom. The highest BCUT2D eigenvalue weighted by atomic mass is 32.1. The van der Waals surface area contributed by atoms with Crippen molar-refractivity contribution in [2.24, 2.45) is 0 Å². The van der Waals surface area contributed by atoms with E-state index in [9.17, 15) is 0 Å². The van der Waals surface area contributed by atoms with Crippen LogP contribution in [0.1, 0.15) is 40.0 Å². The van der Waals surface area contributed by atoms with Crippen molar-refractivity contribution in [2.45, 2.75) is 44.9 Å². The molecule has 0 saturated heterocycles. The summed E-state index contributed by atoms with van der Waals surface area (Å²) in [4.78, 5) is 0.332. The van der Waals surface area contributed by atoms with E-state index in [2.05, 4.69) is 33.4 Å². The summed E-state index contributed by atoms with van der Waals surface area (Å²) in [5.41, 5.74) is 0. The predicted molar refractivity (Wildman–Crippen MR) is 62.7 cm³/mol. The molecule has 0 aromatic carbocycles. The van der Waals surface area contributed by atoms with Gasteiger partial charge in [-0.1, -0.05) is 20.8 Å². The maximum absolute atomic E-state index is 5.69. The lowest BCUT2D eigenvalue weighted by atomic mass is 10.5. The van der Waals surface area contributed by atoms with Gasteiger partial charge in [0, 0.05) is 18.1 Å². The predicted octanol–water partition coefficient (Wildman–Crippen LogP) is 2.31. The van der Waals surface area contributed by atoms with E-state index in [0.717, 1.165) is 32.5 Å². The lowest BCUT2D eigenvalue weighted by Crippen LogP contribution is -2.34. The van der Waals surface area contributed by atoms with Crippen LogP contribution < -0.4 is 0 Å². The summed E-state index contributed by atoms with van der Waals surface area (Å²) in [6.45, 7) is 7.99. The van der Waals surface area contributed by atoms with Gasteiger partial charge in [0.2, 0.25) is 0 Å². The molecule has 0 heterocycles. The van der Waals surface area contributed by atoms with Crippen LogP contribution in [0.15, 0.2) is 0 Å². The summed E-state index contributed by atoms with van der Waals surface area (Å²) < 4.78 is 11.4. The van der Waals surface area contributed by atoms with Gasteiger partial charge in [-0.15, -0.1) is 0 Å². The maximum Gasteiger partial charge on any atom is 0.334 e. The molecule has 0 aliphatic heterocycles. The third-order valence-electron chi connectivity index (χ3n) is 1.70. The van der Waals surface area contributed by atoms with Crippen molar-refractivity contribution in [3.8, 4) is 0 Å². The Hall–Kier alpha value is 0.487. The van der Waals surface area contributed by atoms with E-state index < -0.39 is 9.28 Å². The first-order valence-electron chi connectivity index (χ1n) is 5.17. The van der Waals surface area contributed by atoms with Crippen LogP contribution in [0.2, 0.25) is 0 Å². The third kappa shape index (κ3) is 6.54. The zero-order valence-corrected chi connectivity index (χ0v) is 11.0. The SMILES string of the molecule is CCCO[SiH](OCCC)C(S)CC. The second kappa shape index (κ2) is 9.06. The van der Waals surface area contributed by atoms with Crippen molar-refractivity contribution in [1.29, 1.82) is 0 Å². The van der Waals surface area contributed by atoms with Crippen LogP contribution in [0, 0.1) is 0 Å². The fourth-order valence-electron chi connectivity index (χ4n) is 0.931. The topological polar surface area (TPSA) is 18.5 Å². The Kier molecular flexibility index (Phi) is 9.40. The molecule has 1 unspecified atom stereocenters. The Bertz CT molecular complexity index is 106. The quantitative estimate of drug-likeness (QED) is 0.502.